The molecule has 0 bridgehead atoms. The molecule has 5 heteroatoms. The molecule has 1 fully saturated rings. The van der Waals surface area contributed by atoms with Crippen LogP contribution >= 0.6 is 0 Å². The fourth-order valence-corrected chi connectivity index (χ4v) is 5.13. The number of hydrogen-bond acceptors (Lipinski definition) is 4. The van der Waals surface area contributed by atoms with Gasteiger partial charge in [0.2, 0.25) is 5.91 Å². The van der Waals surface area contributed by atoms with Gasteiger partial charge in [0.1, 0.15) is 11.4 Å². The molecule has 0 unspecified atom stereocenters. The SMILES string of the molecule is CCCCC[C@@H](O)C=C[C@H]1CCC(=O)[C@@H]1CCCCCCC(=O)N(C)C[C@@](C)(O)c1ccccc1. The first-order chi connectivity index (χ1) is 16.7. The first-order valence-electron chi connectivity index (χ1n) is 13.7. The lowest BCUT2D eigenvalue weighted by atomic mass is 9.89. The molecule has 1 saturated carbocycles. The van der Waals surface area contributed by atoms with Gasteiger partial charge >= 0.3 is 0 Å². The van der Waals surface area contributed by atoms with Crippen molar-refractivity contribution in [1.82, 2.24) is 4.90 Å². The second-order valence-electron chi connectivity index (χ2n) is 10.6. The first-order valence-corrected chi connectivity index (χ1v) is 13.7. The van der Waals surface area contributed by atoms with E-state index >= 15 is 0 Å². The van der Waals surface area contributed by atoms with Gasteiger partial charge in [-0.1, -0.05) is 87.9 Å². The predicted molar refractivity (Wildman–Crippen MR) is 142 cm³/mol. The smallest absolute Gasteiger partial charge is 0.222 e. The average Bonchev–Trinajstić information content (AvgIpc) is 3.19. The molecule has 0 aromatic heterocycles. The molecule has 1 aliphatic carbocycles. The number of ketones is 1. The third kappa shape index (κ3) is 10.3. The van der Waals surface area contributed by atoms with Crippen molar-refractivity contribution in [2.24, 2.45) is 11.8 Å². The van der Waals surface area contributed by atoms with Crippen LogP contribution in [0.5, 0.6) is 0 Å². The van der Waals surface area contributed by atoms with Gasteiger partial charge in [-0.25, -0.2) is 0 Å². The standard InChI is InChI=1S/C30H47NO4/c1-4-5-9-16-26(32)21-19-24-20-22-28(33)27(24)17-12-6-7-13-18-29(34)31(3)23-30(2,35)25-14-10-8-11-15-25/h8,10-11,14-15,19,21,24,26-27,32,35H,4-7,9,12-13,16-18,20,22-23H2,1-3H3/t24-,26+,27+,30+/m0/s1. The van der Waals surface area contributed by atoms with Crippen LogP contribution in [0.3, 0.4) is 0 Å². The fourth-order valence-electron chi connectivity index (χ4n) is 5.13. The zero-order valence-electron chi connectivity index (χ0n) is 22.1. The number of nitrogens with zero attached hydrogens (tertiary/aromatic N) is 1. The number of hydrogen-bond donors (Lipinski definition) is 2. The van der Waals surface area contributed by atoms with E-state index in [0.29, 0.717) is 18.6 Å². The van der Waals surface area contributed by atoms with E-state index in [1.165, 1.54) is 0 Å². The maximum Gasteiger partial charge on any atom is 0.222 e. The highest BCUT2D eigenvalue weighted by atomic mass is 16.3. The van der Waals surface area contributed by atoms with Crippen LogP contribution in [-0.2, 0) is 15.2 Å². The van der Waals surface area contributed by atoms with Gasteiger partial charge in [0, 0.05) is 25.8 Å². The van der Waals surface area contributed by atoms with Gasteiger partial charge in [-0.05, 0) is 44.1 Å². The molecule has 4 atom stereocenters. The molecule has 1 aromatic carbocycles. The van der Waals surface area contributed by atoms with Crippen molar-refractivity contribution in [2.45, 2.75) is 103 Å². The third-order valence-corrected chi connectivity index (χ3v) is 7.36. The second kappa shape index (κ2) is 15.2. The molecule has 2 N–H and O–H groups in total. The molecule has 5 nitrogen and oxygen atoms in total. The highest BCUT2D eigenvalue weighted by Gasteiger charge is 2.32. The minimum Gasteiger partial charge on any atom is -0.389 e. The van der Waals surface area contributed by atoms with E-state index in [2.05, 4.69) is 13.0 Å². The summed E-state index contributed by atoms with van der Waals surface area (Å²) in [7, 11) is 1.75. The van der Waals surface area contributed by atoms with Crippen molar-refractivity contribution in [3.8, 4) is 0 Å². The number of rotatable bonds is 16. The van der Waals surface area contributed by atoms with Gasteiger partial charge in [0.15, 0.2) is 0 Å². The van der Waals surface area contributed by atoms with E-state index in [1.54, 1.807) is 18.9 Å². The summed E-state index contributed by atoms with van der Waals surface area (Å²) in [6.07, 6.45) is 14.4. The number of unbranched alkanes of at least 4 members (excludes halogenated alkanes) is 5. The number of carbonyl (C=O) groups is 2. The summed E-state index contributed by atoms with van der Waals surface area (Å²) in [5, 5.41) is 20.9. The second-order valence-corrected chi connectivity index (χ2v) is 10.6. The number of aliphatic hydroxyl groups excluding tert-OH is 1. The van der Waals surface area contributed by atoms with Crippen molar-refractivity contribution in [3.05, 3.63) is 48.0 Å². The summed E-state index contributed by atoms with van der Waals surface area (Å²) in [6, 6.07) is 9.45. The molecule has 2 rings (SSSR count). The molecule has 0 saturated heterocycles. The summed E-state index contributed by atoms with van der Waals surface area (Å²) in [5.74, 6) is 0.760. The molecule has 0 spiro atoms. The minimum atomic E-state index is -1.07. The van der Waals surface area contributed by atoms with E-state index in [1.807, 2.05) is 36.4 Å². The molecule has 1 aliphatic rings. The maximum atomic E-state index is 12.5. The number of allylic oxidation sites excluding steroid dienone is 1. The lowest BCUT2D eigenvalue weighted by Crippen LogP contribution is -2.39. The van der Waals surface area contributed by atoms with E-state index in [9.17, 15) is 19.8 Å². The van der Waals surface area contributed by atoms with Crippen molar-refractivity contribution in [3.63, 3.8) is 0 Å². The molecular weight excluding hydrogens is 438 g/mol. The van der Waals surface area contributed by atoms with Gasteiger partial charge < -0.3 is 15.1 Å². The third-order valence-electron chi connectivity index (χ3n) is 7.36. The zero-order chi connectivity index (χ0) is 25.7. The zero-order valence-corrected chi connectivity index (χ0v) is 22.1. The summed E-state index contributed by atoms with van der Waals surface area (Å²) in [5.41, 5.74) is -0.268. The van der Waals surface area contributed by atoms with Crippen molar-refractivity contribution >= 4 is 11.7 Å². The topological polar surface area (TPSA) is 77.8 Å². The number of carbonyl (C=O) groups excluding carboxylic acids is 2. The van der Waals surface area contributed by atoms with Crippen LogP contribution in [0.4, 0.5) is 0 Å². The van der Waals surface area contributed by atoms with Crippen LogP contribution in [0, 0.1) is 11.8 Å². The van der Waals surface area contributed by atoms with E-state index < -0.39 is 11.7 Å². The van der Waals surface area contributed by atoms with Gasteiger partial charge in [0.25, 0.3) is 0 Å². The number of amides is 1. The fraction of sp³-hybridized carbons (Fsp3) is 0.667. The first kappa shape index (κ1) is 29.3. The van der Waals surface area contributed by atoms with Crippen LogP contribution in [0.25, 0.3) is 0 Å². The van der Waals surface area contributed by atoms with Crippen molar-refractivity contribution < 1.29 is 19.8 Å². The number of benzene rings is 1. The Balaban J connectivity index is 1.65. The van der Waals surface area contributed by atoms with Crippen LogP contribution in [0.1, 0.15) is 96.5 Å². The van der Waals surface area contributed by atoms with Gasteiger partial charge in [-0.15, -0.1) is 0 Å². The average molecular weight is 486 g/mol. The number of likely N-dealkylation sites (N-methyl/N-ethyl adjacent to an activating group) is 1. The van der Waals surface area contributed by atoms with Crippen LogP contribution < -0.4 is 0 Å². The Morgan fingerprint density at radius 1 is 1.14 bits per heavy atom. The Morgan fingerprint density at radius 2 is 1.86 bits per heavy atom. The summed E-state index contributed by atoms with van der Waals surface area (Å²) in [6.45, 7) is 4.17. The lowest BCUT2D eigenvalue weighted by Gasteiger charge is -2.29. The molecule has 0 aliphatic heterocycles. The van der Waals surface area contributed by atoms with Crippen LogP contribution in [-0.4, -0.2) is 46.5 Å². The number of aliphatic hydroxyl groups is 2. The summed E-state index contributed by atoms with van der Waals surface area (Å²) < 4.78 is 0. The Bertz CT molecular complexity index is 789. The minimum absolute atomic E-state index is 0.0508. The van der Waals surface area contributed by atoms with Crippen molar-refractivity contribution in [2.75, 3.05) is 13.6 Å². The van der Waals surface area contributed by atoms with Crippen LogP contribution in [0.2, 0.25) is 0 Å². The Kier molecular flexibility index (Phi) is 12.7. The summed E-state index contributed by atoms with van der Waals surface area (Å²) >= 11 is 0. The monoisotopic (exact) mass is 485 g/mol. The van der Waals surface area contributed by atoms with Crippen LogP contribution in [0.15, 0.2) is 42.5 Å². The predicted octanol–water partition coefficient (Wildman–Crippen LogP) is 5.79. The molecule has 196 valence electrons. The number of Topliss-reactive ketones (excluding diaryl/α,β-unsaturated/α-hetero) is 1. The lowest BCUT2D eigenvalue weighted by molar-refractivity contribution is -0.133. The maximum absolute atomic E-state index is 12.5. The molecular formula is C30H47NO4. The quantitative estimate of drug-likeness (QED) is 0.230. The van der Waals surface area contributed by atoms with E-state index in [0.717, 1.165) is 69.8 Å². The molecule has 35 heavy (non-hydrogen) atoms. The largest absolute Gasteiger partial charge is 0.389 e. The Labute approximate surface area is 212 Å². The summed E-state index contributed by atoms with van der Waals surface area (Å²) in [4.78, 5) is 26.5. The normalized spacial score (nSPS) is 20.8. The molecule has 0 radical (unpaired) electrons. The highest BCUT2D eigenvalue weighted by Crippen LogP contribution is 2.34. The van der Waals surface area contributed by atoms with Gasteiger partial charge in [-0.2, -0.15) is 0 Å². The van der Waals surface area contributed by atoms with E-state index in [4.69, 9.17) is 0 Å². The molecule has 0 heterocycles. The van der Waals surface area contributed by atoms with Gasteiger partial charge in [-0.3, -0.25) is 9.59 Å². The van der Waals surface area contributed by atoms with Crippen molar-refractivity contribution in [1.29, 1.82) is 0 Å². The Hall–Kier alpha value is -1.98. The Morgan fingerprint density at radius 3 is 2.57 bits per heavy atom. The molecule has 1 amide bonds. The van der Waals surface area contributed by atoms with E-state index in [-0.39, 0.29) is 24.3 Å². The highest BCUT2D eigenvalue weighted by molar-refractivity contribution is 5.83. The molecule has 1 aromatic rings. The van der Waals surface area contributed by atoms with Gasteiger partial charge in [0.05, 0.1) is 12.6 Å².